The molecule has 0 aliphatic rings. The van der Waals surface area contributed by atoms with Gasteiger partial charge in [-0.2, -0.15) is 5.10 Å². The minimum Gasteiger partial charge on any atom is -0.441 e. The molecule has 1 amide bonds. The summed E-state index contributed by atoms with van der Waals surface area (Å²) in [6.45, 7) is 1.81. The van der Waals surface area contributed by atoms with Gasteiger partial charge in [0.05, 0.1) is 6.20 Å². The number of H-pyrrole nitrogens is 1. The Morgan fingerprint density at radius 1 is 1.27 bits per heavy atom. The highest BCUT2D eigenvalue weighted by Gasteiger charge is 2.10. The first-order valence-electron chi connectivity index (χ1n) is 6.52. The van der Waals surface area contributed by atoms with Crippen molar-refractivity contribution in [2.75, 3.05) is 5.32 Å². The molecule has 0 fully saturated rings. The van der Waals surface area contributed by atoms with Crippen LogP contribution in [0.4, 0.5) is 5.69 Å². The number of hydrogen-bond donors (Lipinski definition) is 2. The van der Waals surface area contributed by atoms with E-state index in [1.165, 1.54) is 12.1 Å². The van der Waals surface area contributed by atoms with Crippen LogP contribution in [0.5, 0.6) is 0 Å². The fourth-order valence-electron chi connectivity index (χ4n) is 1.88. The fourth-order valence-corrected chi connectivity index (χ4v) is 1.88. The maximum Gasteiger partial charge on any atom is 0.276 e. The number of nitrogens with one attached hydrogen (secondary N) is 2. The molecule has 0 unspecified atom stereocenters. The second-order valence-corrected chi connectivity index (χ2v) is 4.62. The summed E-state index contributed by atoms with van der Waals surface area (Å²) in [5, 5.41) is 8.59. The van der Waals surface area contributed by atoms with Crippen molar-refractivity contribution in [2.24, 2.45) is 0 Å². The lowest BCUT2D eigenvalue weighted by atomic mass is 10.2. The lowest BCUT2D eigenvalue weighted by Crippen LogP contribution is -2.17. The van der Waals surface area contributed by atoms with Gasteiger partial charge in [-0.25, -0.2) is 10.1 Å². The number of aryl methyl sites for hydroxylation is 1. The van der Waals surface area contributed by atoms with E-state index in [2.05, 4.69) is 20.5 Å². The first kappa shape index (κ1) is 13.7. The number of anilines is 1. The van der Waals surface area contributed by atoms with Crippen molar-refractivity contribution in [3.63, 3.8) is 0 Å². The van der Waals surface area contributed by atoms with Gasteiger partial charge in [0.1, 0.15) is 11.5 Å². The summed E-state index contributed by atoms with van der Waals surface area (Å²) in [6, 6.07) is 9.70. The quantitative estimate of drug-likeness (QED) is 0.769. The first-order valence-corrected chi connectivity index (χ1v) is 6.52. The zero-order valence-corrected chi connectivity index (χ0v) is 11.7. The summed E-state index contributed by atoms with van der Waals surface area (Å²) in [5.41, 5.74) is 1.08. The Balaban J connectivity index is 1.82. The summed E-state index contributed by atoms with van der Waals surface area (Å²) >= 11 is 0. The molecule has 7 nitrogen and oxygen atoms in total. The van der Waals surface area contributed by atoms with Crippen molar-refractivity contribution in [1.29, 1.82) is 0 Å². The molecular formula is C15H12N4O3. The van der Waals surface area contributed by atoms with Gasteiger partial charge in [0.25, 0.3) is 11.5 Å². The molecule has 110 valence electrons. The third-order valence-electron chi connectivity index (χ3n) is 2.90. The maximum absolute atomic E-state index is 12.0. The third-order valence-corrected chi connectivity index (χ3v) is 2.90. The second-order valence-electron chi connectivity index (χ2n) is 4.62. The molecule has 0 aliphatic heterocycles. The van der Waals surface area contributed by atoms with Crippen LogP contribution in [0.1, 0.15) is 16.2 Å². The molecule has 2 aromatic heterocycles. The molecule has 2 N–H and O–H groups in total. The van der Waals surface area contributed by atoms with Crippen LogP contribution in [0.25, 0.3) is 11.5 Å². The van der Waals surface area contributed by atoms with E-state index in [9.17, 15) is 9.59 Å². The number of rotatable bonds is 3. The number of carbonyl (C=O) groups excluding carboxylic acids is 1. The SMILES string of the molecule is Cc1cnc(-c2cccc(NC(=O)c3ccc(=O)[nH]n3)c2)o1. The van der Waals surface area contributed by atoms with Crippen molar-refractivity contribution in [2.45, 2.75) is 6.92 Å². The topological polar surface area (TPSA) is 101 Å². The molecule has 0 atom stereocenters. The number of aromatic nitrogens is 3. The van der Waals surface area contributed by atoms with Crippen LogP contribution in [-0.4, -0.2) is 21.1 Å². The van der Waals surface area contributed by atoms with Crippen LogP contribution in [0, 0.1) is 6.92 Å². The summed E-state index contributed by atoms with van der Waals surface area (Å²) < 4.78 is 5.45. The van der Waals surface area contributed by atoms with Gasteiger partial charge in [0.2, 0.25) is 5.89 Å². The van der Waals surface area contributed by atoms with E-state index in [4.69, 9.17) is 4.42 Å². The largest absolute Gasteiger partial charge is 0.441 e. The Hall–Kier alpha value is -3.22. The Bertz CT molecular complexity index is 862. The van der Waals surface area contributed by atoms with E-state index in [0.29, 0.717) is 17.3 Å². The zero-order valence-electron chi connectivity index (χ0n) is 11.7. The van der Waals surface area contributed by atoms with Gasteiger partial charge in [-0.05, 0) is 31.2 Å². The monoisotopic (exact) mass is 296 g/mol. The van der Waals surface area contributed by atoms with Gasteiger partial charge in [0, 0.05) is 17.3 Å². The van der Waals surface area contributed by atoms with Crippen molar-refractivity contribution >= 4 is 11.6 Å². The third kappa shape index (κ3) is 2.93. The molecule has 1 aromatic carbocycles. The van der Waals surface area contributed by atoms with E-state index >= 15 is 0 Å². The average Bonchev–Trinajstić information content (AvgIpc) is 2.95. The summed E-state index contributed by atoms with van der Waals surface area (Å²) in [6.07, 6.45) is 1.63. The zero-order chi connectivity index (χ0) is 15.5. The number of amides is 1. The fraction of sp³-hybridized carbons (Fsp3) is 0.0667. The highest BCUT2D eigenvalue weighted by atomic mass is 16.4. The highest BCUT2D eigenvalue weighted by Crippen LogP contribution is 2.22. The minimum absolute atomic E-state index is 0.122. The van der Waals surface area contributed by atoms with Crippen LogP contribution < -0.4 is 10.9 Å². The van der Waals surface area contributed by atoms with Crippen LogP contribution in [0.15, 0.2) is 51.8 Å². The molecule has 0 saturated heterocycles. The number of benzene rings is 1. The first-order chi connectivity index (χ1) is 10.6. The Kier molecular flexibility index (Phi) is 3.53. The van der Waals surface area contributed by atoms with Gasteiger partial charge in [0.15, 0.2) is 0 Å². The Morgan fingerprint density at radius 3 is 2.82 bits per heavy atom. The van der Waals surface area contributed by atoms with Crippen LogP contribution in [-0.2, 0) is 0 Å². The Morgan fingerprint density at radius 2 is 2.14 bits per heavy atom. The smallest absolute Gasteiger partial charge is 0.276 e. The van der Waals surface area contributed by atoms with Crippen LogP contribution in [0.2, 0.25) is 0 Å². The molecule has 0 radical (unpaired) electrons. The number of nitrogens with zero attached hydrogens (tertiary/aromatic N) is 2. The molecule has 0 spiro atoms. The summed E-state index contributed by atoms with van der Waals surface area (Å²) in [7, 11) is 0. The molecule has 7 heteroatoms. The van der Waals surface area contributed by atoms with Crippen molar-refractivity contribution in [3.05, 3.63) is 64.4 Å². The number of oxazole rings is 1. The highest BCUT2D eigenvalue weighted by molar-refractivity contribution is 6.02. The number of hydrogen-bond acceptors (Lipinski definition) is 5. The van der Waals surface area contributed by atoms with Crippen molar-refractivity contribution < 1.29 is 9.21 Å². The molecule has 3 aromatic rings. The predicted octanol–water partition coefficient (Wildman–Crippen LogP) is 1.99. The lowest BCUT2D eigenvalue weighted by molar-refractivity contribution is 0.102. The molecule has 0 saturated carbocycles. The predicted molar refractivity (Wildman–Crippen MR) is 79.5 cm³/mol. The van der Waals surface area contributed by atoms with Crippen LogP contribution >= 0.6 is 0 Å². The van der Waals surface area contributed by atoms with Gasteiger partial charge < -0.3 is 9.73 Å². The van der Waals surface area contributed by atoms with Crippen LogP contribution in [0.3, 0.4) is 0 Å². The van der Waals surface area contributed by atoms with Crippen molar-refractivity contribution in [1.82, 2.24) is 15.2 Å². The molecule has 2 heterocycles. The van der Waals surface area contributed by atoms with E-state index in [1.54, 1.807) is 24.4 Å². The molecule has 3 rings (SSSR count). The van der Waals surface area contributed by atoms with Crippen molar-refractivity contribution in [3.8, 4) is 11.5 Å². The second kappa shape index (κ2) is 5.65. The van der Waals surface area contributed by atoms with E-state index in [1.807, 2.05) is 13.0 Å². The maximum atomic E-state index is 12.0. The van der Waals surface area contributed by atoms with E-state index in [-0.39, 0.29) is 11.3 Å². The van der Waals surface area contributed by atoms with Gasteiger partial charge >= 0.3 is 0 Å². The average molecular weight is 296 g/mol. The van der Waals surface area contributed by atoms with Gasteiger partial charge in [-0.3, -0.25) is 9.59 Å². The minimum atomic E-state index is -0.419. The van der Waals surface area contributed by atoms with Gasteiger partial charge in [-0.15, -0.1) is 0 Å². The standard InChI is InChI=1S/C15H12N4O3/c1-9-8-16-15(22-9)10-3-2-4-11(7-10)17-14(21)12-5-6-13(20)19-18-12/h2-8H,1H3,(H,17,21)(H,19,20). The summed E-state index contributed by atoms with van der Waals surface area (Å²) in [5.74, 6) is 0.773. The molecule has 0 bridgehead atoms. The van der Waals surface area contributed by atoms with Gasteiger partial charge in [-0.1, -0.05) is 6.07 Å². The van der Waals surface area contributed by atoms with E-state index in [0.717, 1.165) is 5.56 Å². The molecule has 0 aliphatic carbocycles. The normalized spacial score (nSPS) is 10.4. The molecule has 22 heavy (non-hydrogen) atoms. The summed E-state index contributed by atoms with van der Waals surface area (Å²) in [4.78, 5) is 27.1. The number of aromatic amines is 1. The Labute approximate surface area is 125 Å². The lowest BCUT2D eigenvalue weighted by Gasteiger charge is -2.05. The van der Waals surface area contributed by atoms with E-state index < -0.39 is 5.91 Å². The number of carbonyl (C=O) groups is 1. The molecular weight excluding hydrogens is 284 g/mol.